The molecule has 168 valence electrons. The third kappa shape index (κ3) is 5.88. The molecule has 9 heteroatoms. The number of halogens is 1. The van der Waals surface area contributed by atoms with Crippen molar-refractivity contribution in [2.24, 2.45) is 0 Å². The number of carbonyl (C=O) groups excluding carboxylic acids is 1. The highest BCUT2D eigenvalue weighted by Gasteiger charge is 2.14. The van der Waals surface area contributed by atoms with Gasteiger partial charge in [0.2, 0.25) is 17.6 Å². The van der Waals surface area contributed by atoms with Crippen LogP contribution in [0.15, 0.2) is 47.1 Å². The van der Waals surface area contributed by atoms with Crippen molar-refractivity contribution in [2.45, 2.75) is 25.8 Å². The summed E-state index contributed by atoms with van der Waals surface area (Å²) in [6.07, 6.45) is 3.51. The molecule has 1 aromatic carbocycles. The second kappa shape index (κ2) is 10.3. The van der Waals surface area contributed by atoms with Crippen molar-refractivity contribution in [1.29, 1.82) is 0 Å². The summed E-state index contributed by atoms with van der Waals surface area (Å²) in [5.41, 5.74) is 1.61. The zero-order chi connectivity index (χ0) is 22.3. The van der Waals surface area contributed by atoms with Crippen molar-refractivity contribution in [3.63, 3.8) is 0 Å². The number of rotatable bonds is 7. The number of pyridine rings is 1. The van der Waals surface area contributed by atoms with E-state index < -0.39 is 0 Å². The number of hydrogen-bond acceptors (Lipinski definition) is 7. The maximum absolute atomic E-state index is 13.0. The van der Waals surface area contributed by atoms with E-state index in [1.54, 1.807) is 12.1 Å². The van der Waals surface area contributed by atoms with Gasteiger partial charge in [0.05, 0.1) is 0 Å². The lowest BCUT2D eigenvalue weighted by atomic mass is 10.2. The van der Waals surface area contributed by atoms with Crippen LogP contribution in [-0.2, 0) is 17.8 Å². The molecular formula is C23H27FN6O2. The van der Waals surface area contributed by atoms with Crippen LogP contribution in [0, 0.1) is 5.82 Å². The molecule has 0 unspecified atom stereocenters. The van der Waals surface area contributed by atoms with Gasteiger partial charge < -0.3 is 19.6 Å². The van der Waals surface area contributed by atoms with E-state index in [0.29, 0.717) is 30.2 Å². The first-order valence-electron chi connectivity index (χ1n) is 10.8. The van der Waals surface area contributed by atoms with Crippen LogP contribution in [0.25, 0.3) is 11.4 Å². The Morgan fingerprint density at radius 2 is 1.97 bits per heavy atom. The number of benzene rings is 1. The molecular weight excluding hydrogens is 411 g/mol. The molecule has 1 saturated heterocycles. The van der Waals surface area contributed by atoms with Gasteiger partial charge in [0.1, 0.15) is 11.6 Å². The van der Waals surface area contributed by atoms with E-state index in [0.717, 1.165) is 44.0 Å². The van der Waals surface area contributed by atoms with Gasteiger partial charge in [-0.15, -0.1) is 0 Å². The summed E-state index contributed by atoms with van der Waals surface area (Å²) in [7, 11) is 2.14. The second-order valence-electron chi connectivity index (χ2n) is 7.96. The summed E-state index contributed by atoms with van der Waals surface area (Å²) < 4.78 is 18.2. The molecule has 0 saturated carbocycles. The Morgan fingerprint density at radius 1 is 1.12 bits per heavy atom. The van der Waals surface area contributed by atoms with Crippen LogP contribution < -0.4 is 10.2 Å². The summed E-state index contributed by atoms with van der Waals surface area (Å²) in [6.45, 7) is 4.53. The normalized spacial score (nSPS) is 14.9. The summed E-state index contributed by atoms with van der Waals surface area (Å²) in [4.78, 5) is 25.7. The SMILES string of the molecule is CN1CCCN(c2ccc(CNC(=O)CCc3nc(-c4ccc(F)cc4)no3)cn2)CC1. The monoisotopic (exact) mass is 438 g/mol. The van der Waals surface area contributed by atoms with Crippen LogP contribution in [0.2, 0.25) is 0 Å². The van der Waals surface area contributed by atoms with Crippen molar-refractivity contribution >= 4 is 11.7 Å². The number of hydrogen-bond donors (Lipinski definition) is 1. The van der Waals surface area contributed by atoms with Gasteiger partial charge >= 0.3 is 0 Å². The van der Waals surface area contributed by atoms with Crippen molar-refractivity contribution in [1.82, 2.24) is 25.3 Å². The zero-order valence-corrected chi connectivity index (χ0v) is 18.1. The average molecular weight is 439 g/mol. The highest BCUT2D eigenvalue weighted by Crippen LogP contribution is 2.17. The lowest BCUT2D eigenvalue weighted by Crippen LogP contribution is -2.29. The minimum Gasteiger partial charge on any atom is -0.355 e. The predicted molar refractivity (Wildman–Crippen MR) is 118 cm³/mol. The molecule has 3 heterocycles. The molecule has 0 bridgehead atoms. The van der Waals surface area contributed by atoms with Crippen LogP contribution in [0.5, 0.6) is 0 Å². The molecule has 0 spiro atoms. The van der Waals surface area contributed by atoms with Gasteiger partial charge in [-0.1, -0.05) is 11.2 Å². The Hall–Kier alpha value is -3.33. The number of aromatic nitrogens is 3. The molecule has 32 heavy (non-hydrogen) atoms. The van der Waals surface area contributed by atoms with E-state index in [1.807, 2.05) is 18.3 Å². The molecule has 1 aliphatic heterocycles. The van der Waals surface area contributed by atoms with E-state index in [1.165, 1.54) is 12.1 Å². The van der Waals surface area contributed by atoms with Gasteiger partial charge in [0.25, 0.3) is 0 Å². The predicted octanol–water partition coefficient (Wildman–Crippen LogP) is 2.66. The van der Waals surface area contributed by atoms with Crippen LogP contribution in [0.1, 0.15) is 24.3 Å². The van der Waals surface area contributed by atoms with Crippen molar-refractivity contribution < 1.29 is 13.7 Å². The Bertz CT molecular complexity index is 1020. The van der Waals surface area contributed by atoms with Crippen LogP contribution in [0.3, 0.4) is 0 Å². The molecule has 1 amide bonds. The number of nitrogens with zero attached hydrogens (tertiary/aromatic N) is 5. The van der Waals surface area contributed by atoms with E-state index in [-0.39, 0.29) is 18.1 Å². The van der Waals surface area contributed by atoms with Gasteiger partial charge in [-0.05, 0) is 55.9 Å². The van der Waals surface area contributed by atoms with E-state index >= 15 is 0 Å². The lowest BCUT2D eigenvalue weighted by molar-refractivity contribution is -0.121. The van der Waals surface area contributed by atoms with Gasteiger partial charge in [-0.3, -0.25) is 4.79 Å². The number of carbonyl (C=O) groups is 1. The molecule has 0 atom stereocenters. The molecule has 4 rings (SSSR count). The highest BCUT2D eigenvalue weighted by molar-refractivity contribution is 5.76. The van der Waals surface area contributed by atoms with E-state index in [9.17, 15) is 9.18 Å². The third-order valence-corrected chi connectivity index (χ3v) is 5.48. The standard InChI is InChI=1S/C23H27FN6O2/c1-29-11-2-12-30(14-13-29)20-8-3-17(15-25-20)16-26-21(31)9-10-22-27-23(28-32-22)18-4-6-19(24)7-5-18/h3-8,15H,2,9-14,16H2,1H3,(H,26,31). The van der Waals surface area contributed by atoms with Crippen LogP contribution >= 0.6 is 0 Å². The minimum absolute atomic E-state index is 0.105. The maximum Gasteiger partial charge on any atom is 0.227 e. The topological polar surface area (TPSA) is 87.4 Å². The Labute approximate surface area is 186 Å². The molecule has 1 aliphatic rings. The fourth-order valence-electron chi connectivity index (χ4n) is 3.57. The number of nitrogens with one attached hydrogen (secondary N) is 1. The minimum atomic E-state index is -0.325. The number of amides is 1. The first-order chi connectivity index (χ1) is 15.6. The first-order valence-corrected chi connectivity index (χ1v) is 10.8. The van der Waals surface area contributed by atoms with Crippen LogP contribution in [0.4, 0.5) is 10.2 Å². The fourth-order valence-corrected chi connectivity index (χ4v) is 3.57. The molecule has 0 aliphatic carbocycles. The quantitative estimate of drug-likeness (QED) is 0.607. The Kier molecular flexibility index (Phi) is 7.06. The molecule has 0 radical (unpaired) electrons. The van der Waals surface area contributed by atoms with Gasteiger partial charge in [0, 0.05) is 50.8 Å². The van der Waals surface area contributed by atoms with Crippen molar-refractivity contribution in [3.8, 4) is 11.4 Å². The second-order valence-corrected chi connectivity index (χ2v) is 7.96. The fraction of sp³-hybridized carbons (Fsp3) is 0.391. The van der Waals surface area contributed by atoms with Crippen molar-refractivity contribution in [3.05, 3.63) is 59.9 Å². The summed E-state index contributed by atoms with van der Waals surface area (Å²) >= 11 is 0. The Balaban J connectivity index is 1.22. The van der Waals surface area contributed by atoms with E-state index in [4.69, 9.17) is 4.52 Å². The largest absolute Gasteiger partial charge is 0.355 e. The smallest absolute Gasteiger partial charge is 0.227 e. The van der Waals surface area contributed by atoms with E-state index in [2.05, 4.69) is 37.3 Å². The number of likely N-dealkylation sites (N-methyl/N-ethyl adjacent to an activating group) is 1. The van der Waals surface area contributed by atoms with Gasteiger partial charge in [0.15, 0.2) is 0 Å². The van der Waals surface area contributed by atoms with Gasteiger partial charge in [-0.25, -0.2) is 9.37 Å². The number of anilines is 1. The summed E-state index contributed by atoms with van der Waals surface area (Å²) in [5, 5.41) is 6.79. The molecule has 8 nitrogen and oxygen atoms in total. The van der Waals surface area contributed by atoms with Gasteiger partial charge in [-0.2, -0.15) is 4.98 Å². The molecule has 1 N–H and O–H groups in total. The zero-order valence-electron chi connectivity index (χ0n) is 18.1. The number of aryl methyl sites for hydroxylation is 1. The lowest BCUT2D eigenvalue weighted by Gasteiger charge is -2.21. The molecule has 2 aromatic heterocycles. The third-order valence-electron chi connectivity index (χ3n) is 5.48. The maximum atomic E-state index is 13.0. The van der Waals surface area contributed by atoms with Crippen LogP contribution in [-0.4, -0.2) is 59.2 Å². The van der Waals surface area contributed by atoms with Crippen molar-refractivity contribution in [2.75, 3.05) is 38.1 Å². The molecule has 3 aromatic rings. The summed E-state index contributed by atoms with van der Waals surface area (Å²) in [6, 6.07) is 9.87. The Morgan fingerprint density at radius 3 is 2.75 bits per heavy atom. The first kappa shape index (κ1) is 21.9. The average Bonchev–Trinajstić information content (AvgIpc) is 3.18. The highest BCUT2D eigenvalue weighted by atomic mass is 19.1. The summed E-state index contributed by atoms with van der Waals surface area (Å²) in [5.74, 6) is 1.29. The molecule has 1 fully saturated rings.